The molecule has 0 saturated carbocycles. The molecular weight excluding hydrogens is 339 g/mol. The highest BCUT2D eigenvalue weighted by atomic mass is 19.4. The highest BCUT2D eigenvalue weighted by Gasteiger charge is 2.53. The smallest absolute Gasteiger partial charge is 0.377 e. The zero-order valence-corrected chi connectivity index (χ0v) is 15.4. The zero-order chi connectivity index (χ0) is 19.3. The molecule has 1 heterocycles. The molecule has 1 rings (SSSR count). The van der Waals surface area contributed by atoms with Crippen LogP contribution in [0.1, 0.15) is 13.8 Å². The Labute approximate surface area is 148 Å². The van der Waals surface area contributed by atoms with Crippen molar-refractivity contribution in [1.29, 1.82) is 0 Å². The van der Waals surface area contributed by atoms with E-state index in [2.05, 4.69) is 4.74 Å². The maximum Gasteiger partial charge on any atom is 0.411 e. The van der Waals surface area contributed by atoms with E-state index >= 15 is 0 Å². The fourth-order valence-corrected chi connectivity index (χ4v) is 2.50. The molecule has 142 valence electrons. The van der Waals surface area contributed by atoms with Crippen molar-refractivity contribution >= 4 is 21.5 Å². The van der Waals surface area contributed by atoms with Crippen LogP contribution in [0.4, 0.5) is 13.2 Å². The molecule has 0 aromatic rings. The van der Waals surface area contributed by atoms with Crippen molar-refractivity contribution in [3.63, 3.8) is 0 Å². The number of carbonyl (C=O) groups excluding carboxylic acids is 1. The van der Waals surface area contributed by atoms with Crippen LogP contribution in [-0.2, 0) is 23.7 Å². The van der Waals surface area contributed by atoms with Crippen LogP contribution in [0.3, 0.4) is 0 Å². The Bertz CT molecular complexity index is 490. The van der Waals surface area contributed by atoms with Crippen molar-refractivity contribution in [3.05, 3.63) is 11.5 Å². The number of rotatable bonds is 11. The molecule has 2 atom stereocenters. The Hall–Kier alpha value is -0.830. The molecule has 0 aliphatic carbocycles. The van der Waals surface area contributed by atoms with E-state index in [9.17, 15) is 18.0 Å². The average Bonchev–Trinajstić information content (AvgIpc) is 3.25. The SMILES string of the molecule is B/C(=C/[C@@]1([C@H](B)C(C)(C)OCCOCC(F)(F)F)CO1)C(=O)COC. The summed E-state index contributed by atoms with van der Waals surface area (Å²) in [5.74, 6) is -0.239. The van der Waals surface area contributed by atoms with Gasteiger partial charge in [0, 0.05) is 7.11 Å². The lowest BCUT2D eigenvalue weighted by atomic mass is 9.65. The van der Waals surface area contributed by atoms with Gasteiger partial charge in [-0.3, -0.25) is 4.79 Å². The van der Waals surface area contributed by atoms with Crippen molar-refractivity contribution in [2.24, 2.45) is 0 Å². The standard InChI is InChI=1S/C15H25B2F3O5/c1-13(2,24-5-4-23-9-15(18,19)20)12(17)14(8-25-14)6-10(16)11(21)7-22-3/h6,12H,4-5,7-9,16-17H2,1-3H3/b10-6+/t12-,14+/m1/s1. The second kappa shape index (κ2) is 8.70. The molecule has 0 spiro atoms. The summed E-state index contributed by atoms with van der Waals surface area (Å²) in [6, 6.07) is 0. The van der Waals surface area contributed by atoms with Gasteiger partial charge in [-0.05, 0) is 25.1 Å². The van der Waals surface area contributed by atoms with Gasteiger partial charge in [-0.2, -0.15) is 13.2 Å². The lowest BCUT2D eigenvalue weighted by molar-refractivity contribution is -0.179. The van der Waals surface area contributed by atoms with Crippen molar-refractivity contribution < 1.29 is 36.9 Å². The Balaban J connectivity index is 2.57. The van der Waals surface area contributed by atoms with Crippen LogP contribution in [0.15, 0.2) is 11.5 Å². The van der Waals surface area contributed by atoms with E-state index < -0.39 is 24.0 Å². The number of carbonyl (C=O) groups is 1. The third-order valence-corrected chi connectivity index (χ3v) is 4.40. The predicted octanol–water partition coefficient (Wildman–Crippen LogP) is 0.284. The predicted molar refractivity (Wildman–Crippen MR) is 91.4 cm³/mol. The average molecular weight is 364 g/mol. The van der Waals surface area contributed by atoms with Crippen molar-refractivity contribution in [1.82, 2.24) is 0 Å². The molecule has 0 aromatic heterocycles. The van der Waals surface area contributed by atoms with Gasteiger partial charge in [0.05, 0.1) is 25.4 Å². The lowest BCUT2D eigenvalue weighted by Gasteiger charge is -2.35. The van der Waals surface area contributed by atoms with E-state index in [4.69, 9.17) is 14.2 Å². The van der Waals surface area contributed by atoms with Crippen LogP contribution >= 0.6 is 0 Å². The molecule has 1 aliphatic heterocycles. The molecule has 0 aromatic carbocycles. The minimum absolute atomic E-state index is 0.00321. The van der Waals surface area contributed by atoms with E-state index in [0.717, 1.165) is 0 Å². The highest BCUT2D eigenvalue weighted by Crippen LogP contribution is 2.46. The monoisotopic (exact) mass is 364 g/mol. The van der Waals surface area contributed by atoms with E-state index in [1.165, 1.54) is 7.11 Å². The number of epoxide rings is 1. The largest absolute Gasteiger partial charge is 0.411 e. The number of halogens is 3. The van der Waals surface area contributed by atoms with Crippen LogP contribution in [-0.4, -0.2) is 79.0 Å². The van der Waals surface area contributed by atoms with Gasteiger partial charge in [-0.1, -0.05) is 6.08 Å². The van der Waals surface area contributed by atoms with Gasteiger partial charge in [0.25, 0.3) is 0 Å². The normalized spacial score (nSPS) is 22.7. The Morgan fingerprint density at radius 1 is 1.36 bits per heavy atom. The number of methoxy groups -OCH3 is 1. The lowest BCUT2D eigenvalue weighted by Crippen LogP contribution is -2.40. The van der Waals surface area contributed by atoms with Crippen LogP contribution in [0.5, 0.6) is 0 Å². The third kappa shape index (κ3) is 7.13. The first kappa shape index (κ1) is 22.2. The second-order valence-corrected chi connectivity index (χ2v) is 6.77. The number of ether oxygens (including phenoxy) is 4. The van der Waals surface area contributed by atoms with Crippen molar-refractivity contribution in [2.45, 2.75) is 37.0 Å². The van der Waals surface area contributed by atoms with E-state index in [-0.39, 0.29) is 31.4 Å². The van der Waals surface area contributed by atoms with Gasteiger partial charge in [0.1, 0.15) is 34.5 Å². The molecule has 1 fully saturated rings. The molecule has 10 heteroatoms. The quantitative estimate of drug-likeness (QED) is 0.228. The van der Waals surface area contributed by atoms with Gasteiger partial charge in [-0.15, -0.1) is 0 Å². The van der Waals surface area contributed by atoms with Crippen LogP contribution in [0, 0.1) is 0 Å². The molecule has 0 radical (unpaired) electrons. The summed E-state index contributed by atoms with van der Waals surface area (Å²) in [4.78, 5) is 11.9. The Kier molecular flexibility index (Phi) is 7.73. The molecule has 25 heavy (non-hydrogen) atoms. The summed E-state index contributed by atoms with van der Waals surface area (Å²) >= 11 is 0. The molecule has 0 amide bonds. The molecule has 1 aliphatic rings. The maximum atomic E-state index is 12.0. The summed E-state index contributed by atoms with van der Waals surface area (Å²) < 4.78 is 56.8. The first-order valence-corrected chi connectivity index (χ1v) is 8.07. The van der Waals surface area contributed by atoms with Gasteiger partial charge in [0.15, 0.2) is 5.78 Å². The molecule has 0 unspecified atom stereocenters. The van der Waals surface area contributed by atoms with Crippen LogP contribution in [0.25, 0.3) is 0 Å². The topological polar surface area (TPSA) is 57.3 Å². The zero-order valence-electron chi connectivity index (χ0n) is 15.4. The van der Waals surface area contributed by atoms with Gasteiger partial charge < -0.3 is 18.9 Å². The third-order valence-electron chi connectivity index (χ3n) is 4.40. The van der Waals surface area contributed by atoms with Gasteiger partial charge in [-0.25, -0.2) is 0 Å². The Morgan fingerprint density at radius 2 is 1.96 bits per heavy atom. The first-order chi connectivity index (χ1) is 11.4. The number of hydrogen-bond donors (Lipinski definition) is 0. The summed E-state index contributed by atoms with van der Waals surface area (Å²) in [7, 11) is 5.08. The van der Waals surface area contributed by atoms with Crippen LogP contribution in [0.2, 0.25) is 5.82 Å². The summed E-state index contributed by atoms with van der Waals surface area (Å²) in [5, 5.41) is 0. The highest BCUT2D eigenvalue weighted by molar-refractivity contribution is 6.37. The Morgan fingerprint density at radius 3 is 2.44 bits per heavy atom. The van der Waals surface area contributed by atoms with Crippen molar-refractivity contribution in [3.8, 4) is 0 Å². The summed E-state index contributed by atoms with van der Waals surface area (Å²) in [5.41, 5.74) is -0.723. The molecule has 0 bridgehead atoms. The van der Waals surface area contributed by atoms with Crippen molar-refractivity contribution in [2.75, 3.05) is 40.1 Å². The van der Waals surface area contributed by atoms with E-state index in [1.54, 1.807) is 13.9 Å². The van der Waals surface area contributed by atoms with E-state index in [0.29, 0.717) is 12.1 Å². The molecular formula is C15H25B2F3O5. The van der Waals surface area contributed by atoms with Crippen LogP contribution < -0.4 is 0 Å². The summed E-state index contributed by atoms with van der Waals surface area (Å²) in [6.07, 6.45) is -2.56. The number of hydrogen-bond acceptors (Lipinski definition) is 5. The maximum absolute atomic E-state index is 12.0. The molecule has 0 N–H and O–H groups in total. The van der Waals surface area contributed by atoms with Gasteiger partial charge >= 0.3 is 6.18 Å². The first-order valence-electron chi connectivity index (χ1n) is 8.07. The number of alkyl halides is 3. The number of Topliss-reactive ketones (excluding diaryl/α,β-unsaturated/α-hetero) is 1. The van der Waals surface area contributed by atoms with E-state index in [1.807, 2.05) is 21.7 Å². The fraction of sp³-hybridized carbons (Fsp3) is 0.800. The second-order valence-electron chi connectivity index (χ2n) is 6.77. The summed E-state index contributed by atoms with van der Waals surface area (Å²) in [6.45, 7) is 2.74. The molecule has 5 nitrogen and oxygen atoms in total. The minimum Gasteiger partial charge on any atom is -0.377 e. The number of ketones is 1. The minimum atomic E-state index is -4.34. The fourth-order valence-electron chi connectivity index (χ4n) is 2.50. The van der Waals surface area contributed by atoms with Gasteiger partial charge in [0.2, 0.25) is 0 Å². The molecule has 1 saturated heterocycles.